The number of rotatable bonds is 4. The van der Waals surface area contributed by atoms with Crippen LogP contribution in [0.5, 0.6) is 5.75 Å². The largest absolute Gasteiger partial charge is 0.483 e. The molecule has 156 valence electrons. The third kappa shape index (κ3) is 2.98. The predicted molar refractivity (Wildman–Crippen MR) is 107 cm³/mol. The highest BCUT2D eigenvalue weighted by atomic mass is 16.6. The van der Waals surface area contributed by atoms with Crippen LogP contribution in [0.3, 0.4) is 0 Å². The molecule has 1 aliphatic heterocycles. The highest BCUT2D eigenvalue weighted by Gasteiger charge is 2.33. The Balaban J connectivity index is 1.37. The van der Waals surface area contributed by atoms with Gasteiger partial charge in [0, 0.05) is 23.1 Å². The number of benzene rings is 1. The van der Waals surface area contributed by atoms with Gasteiger partial charge in [0.05, 0.1) is 6.04 Å². The first-order valence-corrected chi connectivity index (χ1v) is 10.3. The molecule has 3 aromatic rings. The number of hydrogen-bond acceptors (Lipinski definition) is 7. The van der Waals surface area contributed by atoms with Gasteiger partial charge in [-0.2, -0.15) is 0 Å². The molecule has 3 heterocycles. The minimum absolute atomic E-state index is 0.0949. The third-order valence-corrected chi connectivity index (χ3v) is 6.27. The van der Waals surface area contributed by atoms with Crippen molar-refractivity contribution in [1.82, 2.24) is 15.2 Å². The van der Waals surface area contributed by atoms with Crippen LogP contribution in [0.25, 0.3) is 11.0 Å². The summed E-state index contributed by atoms with van der Waals surface area (Å²) < 4.78 is 16.3. The van der Waals surface area contributed by atoms with Gasteiger partial charge >= 0.3 is 5.63 Å². The van der Waals surface area contributed by atoms with E-state index in [0.717, 1.165) is 54.2 Å². The van der Waals surface area contributed by atoms with E-state index in [2.05, 4.69) is 10.3 Å². The number of aryl methyl sites for hydroxylation is 3. The van der Waals surface area contributed by atoms with E-state index in [4.69, 9.17) is 13.8 Å². The fourth-order valence-corrected chi connectivity index (χ4v) is 4.73. The number of aromatic nitrogens is 2. The number of fused-ring (bicyclic) bond motifs is 3. The zero-order valence-corrected chi connectivity index (χ0v) is 17.1. The van der Waals surface area contributed by atoms with Gasteiger partial charge in [-0.25, -0.2) is 9.42 Å². The average Bonchev–Trinajstić information content (AvgIpc) is 3.48. The average molecular weight is 409 g/mol. The van der Waals surface area contributed by atoms with Crippen LogP contribution in [0.1, 0.15) is 53.4 Å². The summed E-state index contributed by atoms with van der Waals surface area (Å²) in [6.45, 7) is 4.24. The molecule has 1 atom stereocenters. The lowest BCUT2D eigenvalue weighted by Gasteiger charge is -2.23. The molecule has 1 amide bonds. The van der Waals surface area contributed by atoms with E-state index in [1.165, 1.54) is 0 Å². The molecule has 0 spiro atoms. The molecular weight excluding hydrogens is 386 g/mol. The van der Waals surface area contributed by atoms with E-state index >= 15 is 0 Å². The van der Waals surface area contributed by atoms with Crippen LogP contribution in [-0.4, -0.2) is 34.3 Å². The van der Waals surface area contributed by atoms with Crippen molar-refractivity contribution in [1.29, 1.82) is 0 Å². The first kappa shape index (κ1) is 18.8. The Hall–Kier alpha value is -3.16. The van der Waals surface area contributed by atoms with E-state index < -0.39 is 0 Å². The maximum absolute atomic E-state index is 12.9. The second kappa shape index (κ2) is 7.27. The van der Waals surface area contributed by atoms with Gasteiger partial charge in [-0.1, -0.05) is 10.3 Å². The lowest BCUT2D eigenvalue weighted by atomic mass is 10.0. The summed E-state index contributed by atoms with van der Waals surface area (Å²) in [6, 6.07) is 3.65. The van der Waals surface area contributed by atoms with Crippen LogP contribution in [0.2, 0.25) is 0 Å². The van der Waals surface area contributed by atoms with Crippen molar-refractivity contribution in [2.24, 2.45) is 0 Å². The molecule has 1 unspecified atom stereocenters. The van der Waals surface area contributed by atoms with Crippen LogP contribution in [0.4, 0.5) is 0 Å². The van der Waals surface area contributed by atoms with Gasteiger partial charge in [-0.15, -0.1) is 0 Å². The molecule has 0 saturated carbocycles. The first-order valence-electron chi connectivity index (χ1n) is 10.3. The predicted octanol–water partition coefficient (Wildman–Crippen LogP) is 3.02. The highest BCUT2D eigenvalue weighted by Crippen LogP contribution is 2.34. The topological polar surface area (TPSA) is 98.7 Å². The molecule has 1 fully saturated rings. The zero-order chi connectivity index (χ0) is 20.8. The monoisotopic (exact) mass is 409 g/mol. The Kier molecular flexibility index (Phi) is 4.56. The number of ether oxygens (including phenoxy) is 1. The molecule has 30 heavy (non-hydrogen) atoms. The summed E-state index contributed by atoms with van der Waals surface area (Å²) in [5.74, 6) is 0.432. The van der Waals surface area contributed by atoms with Gasteiger partial charge in [0.2, 0.25) is 0 Å². The van der Waals surface area contributed by atoms with Crippen LogP contribution in [-0.2, 0) is 17.6 Å². The van der Waals surface area contributed by atoms with Crippen molar-refractivity contribution in [2.45, 2.75) is 52.0 Å². The second-order valence-corrected chi connectivity index (χ2v) is 8.03. The van der Waals surface area contributed by atoms with Crippen molar-refractivity contribution < 1.29 is 18.6 Å². The summed E-state index contributed by atoms with van der Waals surface area (Å²) in [5.41, 5.74) is 4.32. The van der Waals surface area contributed by atoms with E-state index in [1.807, 2.05) is 26.0 Å². The molecule has 5 rings (SSSR count). The number of hydrogen-bond donors (Lipinski definition) is 0. The number of carbonyl (C=O) groups excluding carboxylic acids is 1. The van der Waals surface area contributed by atoms with Crippen molar-refractivity contribution in [3.63, 3.8) is 0 Å². The fraction of sp³-hybridized carbons (Fsp3) is 0.455. The minimum Gasteiger partial charge on any atom is -0.483 e. The number of nitrogens with zero attached hydrogens (tertiary/aromatic N) is 3. The Morgan fingerprint density at radius 1 is 1.20 bits per heavy atom. The maximum atomic E-state index is 12.9. The molecule has 0 radical (unpaired) electrons. The van der Waals surface area contributed by atoms with Crippen LogP contribution >= 0.6 is 0 Å². The van der Waals surface area contributed by atoms with E-state index in [0.29, 0.717) is 29.3 Å². The van der Waals surface area contributed by atoms with Gasteiger partial charge in [0.1, 0.15) is 22.7 Å². The quantitative estimate of drug-likeness (QED) is 0.611. The van der Waals surface area contributed by atoms with Crippen molar-refractivity contribution in [3.05, 3.63) is 50.6 Å². The fourth-order valence-electron chi connectivity index (χ4n) is 4.73. The number of carbonyl (C=O) groups is 1. The molecule has 2 aromatic heterocycles. The van der Waals surface area contributed by atoms with Crippen molar-refractivity contribution in [3.8, 4) is 5.75 Å². The Morgan fingerprint density at radius 2 is 2.03 bits per heavy atom. The number of likely N-dealkylation sites (tertiary alicyclic amines) is 1. The van der Waals surface area contributed by atoms with Gasteiger partial charge < -0.3 is 14.1 Å². The summed E-state index contributed by atoms with van der Waals surface area (Å²) >= 11 is 0. The van der Waals surface area contributed by atoms with E-state index in [-0.39, 0.29) is 24.2 Å². The summed E-state index contributed by atoms with van der Waals surface area (Å²) in [7, 11) is 0. The summed E-state index contributed by atoms with van der Waals surface area (Å²) in [5, 5.41) is 8.77. The molecule has 1 aromatic carbocycles. The Morgan fingerprint density at radius 3 is 2.83 bits per heavy atom. The lowest BCUT2D eigenvalue weighted by molar-refractivity contribution is -0.134. The second-order valence-electron chi connectivity index (χ2n) is 8.03. The van der Waals surface area contributed by atoms with Crippen LogP contribution in [0, 0.1) is 13.8 Å². The van der Waals surface area contributed by atoms with Gasteiger partial charge in [0.15, 0.2) is 6.61 Å². The summed E-state index contributed by atoms with van der Waals surface area (Å²) in [6.07, 6.45) is 4.36. The van der Waals surface area contributed by atoms with E-state index in [1.54, 1.807) is 4.90 Å². The van der Waals surface area contributed by atoms with Crippen molar-refractivity contribution >= 4 is 16.9 Å². The Labute approximate surface area is 172 Å². The van der Waals surface area contributed by atoms with Crippen LogP contribution in [0.15, 0.2) is 26.0 Å². The lowest BCUT2D eigenvalue weighted by Crippen LogP contribution is -2.34. The molecule has 0 bridgehead atoms. The number of amides is 1. The minimum atomic E-state index is -0.261. The summed E-state index contributed by atoms with van der Waals surface area (Å²) in [4.78, 5) is 27.0. The zero-order valence-electron chi connectivity index (χ0n) is 17.1. The normalized spacial score (nSPS) is 18.2. The maximum Gasteiger partial charge on any atom is 0.339 e. The highest BCUT2D eigenvalue weighted by molar-refractivity contribution is 5.86. The Bertz CT molecular complexity index is 1200. The molecule has 8 nitrogen and oxygen atoms in total. The standard InChI is InChI=1S/C22H23N3O5/c1-12-18(9-8-15-14-5-3-6-16(14)22(27)29-21(12)15)28-11-19(26)25-10-4-7-17(25)20-13(2)23-30-24-20/h8-9,17H,3-7,10-11H2,1-2H3. The molecule has 1 aliphatic carbocycles. The first-order chi connectivity index (χ1) is 14.5. The smallest absolute Gasteiger partial charge is 0.339 e. The van der Waals surface area contributed by atoms with Gasteiger partial charge in [-0.05, 0) is 63.6 Å². The van der Waals surface area contributed by atoms with Gasteiger partial charge in [0.25, 0.3) is 5.91 Å². The SMILES string of the molecule is Cc1nonc1C1CCCN1C(=O)COc1ccc2c3c(c(=O)oc2c1C)CCC3. The van der Waals surface area contributed by atoms with Gasteiger partial charge in [-0.3, -0.25) is 4.79 Å². The third-order valence-electron chi connectivity index (χ3n) is 6.27. The molecular formula is C22H23N3O5. The molecule has 2 aliphatic rings. The van der Waals surface area contributed by atoms with Crippen LogP contribution < -0.4 is 10.4 Å². The van der Waals surface area contributed by atoms with Crippen molar-refractivity contribution in [2.75, 3.05) is 13.2 Å². The van der Waals surface area contributed by atoms with E-state index in [9.17, 15) is 9.59 Å². The molecule has 0 N–H and O–H groups in total. The molecule has 1 saturated heterocycles. The molecule has 8 heteroatoms.